The Labute approximate surface area is 153 Å². The number of hydrogen-bond acceptors (Lipinski definition) is 2. The highest BCUT2D eigenvalue weighted by molar-refractivity contribution is 6.04. The number of pyridine rings is 1. The Hall–Kier alpha value is -3.14. The number of para-hydroxylation sites is 1. The number of anilines is 1. The molecular weight excluding hydrogens is 324 g/mol. The number of carbonyl (C=O) groups is 1. The number of amides is 1. The molecule has 1 amide bonds. The molecule has 26 heavy (non-hydrogen) atoms. The highest BCUT2D eigenvalue weighted by Crippen LogP contribution is 2.15. The van der Waals surface area contributed by atoms with Crippen molar-refractivity contribution in [1.29, 1.82) is 0 Å². The van der Waals surface area contributed by atoms with E-state index in [0.29, 0.717) is 12.1 Å². The third-order valence-electron chi connectivity index (χ3n) is 4.48. The van der Waals surface area contributed by atoms with Gasteiger partial charge in [-0.3, -0.25) is 9.59 Å². The summed E-state index contributed by atoms with van der Waals surface area (Å²) in [5.74, 6) is -0.228. The fourth-order valence-electron chi connectivity index (χ4n) is 2.85. The molecule has 1 aromatic heterocycles. The monoisotopic (exact) mass is 346 g/mol. The molecule has 0 saturated heterocycles. The van der Waals surface area contributed by atoms with Crippen molar-refractivity contribution in [2.75, 3.05) is 5.32 Å². The Kier molecular flexibility index (Phi) is 5.03. The van der Waals surface area contributed by atoms with Gasteiger partial charge in [0.1, 0.15) is 0 Å². The lowest BCUT2D eigenvalue weighted by Gasteiger charge is -2.12. The normalized spacial score (nSPS) is 10.6. The van der Waals surface area contributed by atoms with Gasteiger partial charge in [0.25, 0.3) is 11.5 Å². The second kappa shape index (κ2) is 7.40. The molecule has 4 heteroatoms. The lowest BCUT2D eigenvalue weighted by atomic mass is 10.1. The number of benzene rings is 2. The molecule has 0 aliphatic rings. The molecule has 0 atom stereocenters. The van der Waals surface area contributed by atoms with Crippen molar-refractivity contribution in [3.8, 4) is 0 Å². The van der Waals surface area contributed by atoms with Gasteiger partial charge in [0.2, 0.25) is 0 Å². The van der Waals surface area contributed by atoms with E-state index < -0.39 is 0 Å². The fraction of sp³-hybridized carbons (Fsp3) is 0.182. The predicted octanol–water partition coefficient (Wildman–Crippen LogP) is 4.07. The maximum atomic E-state index is 12.6. The number of carbonyl (C=O) groups excluding carboxylic acids is 1. The third-order valence-corrected chi connectivity index (χ3v) is 4.48. The summed E-state index contributed by atoms with van der Waals surface area (Å²) in [6, 6.07) is 16.8. The topological polar surface area (TPSA) is 51.1 Å². The van der Waals surface area contributed by atoms with Gasteiger partial charge in [-0.15, -0.1) is 0 Å². The van der Waals surface area contributed by atoms with Crippen molar-refractivity contribution in [2.24, 2.45) is 0 Å². The average Bonchev–Trinajstić information content (AvgIpc) is 2.62. The first-order valence-corrected chi connectivity index (χ1v) is 8.57. The molecule has 3 rings (SSSR count). The summed E-state index contributed by atoms with van der Waals surface area (Å²) in [5, 5.41) is 2.90. The molecule has 0 aliphatic carbocycles. The van der Waals surface area contributed by atoms with Crippen molar-refractivity contribution in [2.45, 2.75) is 27.3 Å². The van der Waals surface area contributed by atoms with E-state index in [4.69, 9.17) is 0 Å². The lowest BCUT2D eigenvalue weighted by Crippen LogP contribution is -2.23. The zero-order valence-corrected chi connectivity index (χ0v) is 15.2. The van der Waals surface area contributed by atoms with Crippen LogP contribution in [0.3, 0.4) is 0 Å². The Morgan fingerprint density at radius 1 is 0.962 bits per heavy atom. The number of rotatable bonds is 4. The van der Waals surface area contributed by atoms with Crippen LogP contribution in [0.25, 0.3) is 0 Å². The molecule has 0 bridgehead atoms. The van der Waals surface area contributed by atoms with Gasteiger partial charge in [-0.2, -0.15) is 0 Å². The summed E-state index contributed by atoms with van der Waals surface area (Å²) in [6.45, 7) is 6.43. The summed E-state index contributed by atoms with van der Waals surface area (Å²) in [5.41, 5.74) is 5.43. The third kappa shape index (κ3) is 3.91. The minimum atomic E-state index is -0.228. The zero-order valence-electron chi connectivity index (χ0n) is 15.2. The van der Waals surface area contributed by atoms with Gasteiger partial charge < -0.3 is 9.88 Å². The second-order valence-corrected chi connectivity index (χ2v) is 6.58. The van der Waals surface area contributed by atoms with E-state index in [0.717, 1.165) is 27.9 Å². The smallest absolute Gasteiger partial charge is 0.257 e. The number of nitrogens with one attached hydrogen (secondary N) is 1. The van der Waals surface area contributed by atoms with Gasteiger partial charge in [-0.25, -0.2) is 0 Å². The first-order chi connectivity index (χ1) is 12.4. The maximum absolute atomic E-state index is 12.6. The standard InChI is InChI=1S/C22H22N2O2/c1-15-8-9-16(2)19(12-15)14-24-13-18(10-11-21(24)25)22(26)23-20-7-5-4-6-17(20)3/h4-13H,14H2,1-3H3,(H,23,26). The van der Waals surface area contributed by atoms with Crippen LogP contribution in [-0.4, -0.2) is 10.5 Å². The van der Waals surface area contributed by atoms with Crippen LogP contribution in [0.1, 0.15) is 32.6 Å². The van der Waals surface area contributed by atoms with Crippen LogP contribution >= 0.6 is 0 Å². The first-order valence-electron chi connectivity index (χ1n) is 8.57. The number of aryl methyl sites for hydroxylation is 3. The fourth-order valence-corrected chi connectivity index (χ4v) is 2.85. The molecule has 0 unspecified atom stereocenters. The van der Waals surface area contributed by atoms with Crippen LogP contribution in [-0.2, 0) is 6.54 Å². The van der Waals surface area contributed by atoms with E-state index in [1.54, 1.807) is 16.8 Å². The predicted molar refractivity (Wildman–Crippen MR) is 105 cm³/mol. The summed E-state index contributed by atoms with van der Waals surface area (Å²) < 4.78 is 1.58. The summed E-state index contributed by atoms with van der Waals surface area (Å²) in [7, 11) is 0. The Bertz CT molecular complexity index is 1020. The largest absolute Gasteiger partial charge is 0.322 e. The van der Waals surface area contributed by atoms with E-state index in [-0.39, 0.29) is 11.5 Å². The van der Waals surface area contributed by atoms with Gasteiger partial charge in [-0.05, 0) is 49.6 Å². The number of hydrogen-bond donors (Lipinski definition) is 1. The Balaban J connectivity index is 1.88. The van der Waals surface area contributed by atoms with Crippen molar-refractivity contribution in [1.82, 2.24) is 4.57 Å². The molecule has 2 aromatic carbocycles. The van der Waals surface area contributed by atoms with Crippen LogP contribution in [0.5, 0.6) is 0 Å². The minimum Gasteiger partial charge on any atom is -0.322 e. The molecule has 0 saturated carbocycles. The van der Waals surface area contributed by atoms with Crippen LogP contribution in [0.15, 0.2) is 65.6 Å². The molecule has 0 fully saturated rings. The zero-order chi connectivity index (χ0) is 18.7. The van der Waals surface area contributed by atoms with Gasteiger partial charge in [0.05, 0.1) is 12.1 Å². The summed E-state index contributed by atoms with van der Waals surface area (Å²) in [4.78, 5) is 24.8. The van der Waals surface area contributed by atoms with Crippen LogP contribution < -0.4 is 10.9 Å². The summed E-state index contributed by atoms with van der Waals surface area (Å²) >= 11 is 0. The van der Waals surface area contributed by atoms with E-state index >= 15 is 0 Å². The molecule has 0 aliphatic heterocycles. The van der Waals surface area contributed by atoms with Gasteiger partial charge in [0, 0.05) is 18.0 Å². The Morgan fingerprint density at radius 2 is 1.73 bits per heavy atom. The number of aromatic nitrogens is 1. The average molecular weight is 346 g/mol. The highest BCUT2D eigenvalue weighted by atomic mass is 16.2. The molecule has 1 N–H and O–H groups in total. The van der Waals surface area contributed by atoms with Crippen LogP contribution in [0, 0.1) is 20.8 Å². The molecule has 1 heterocycles. The highest BCUT2D eigenvalue weighted by Gasteiger charge is 2.10. The second-order valence-electron chi connectivity index (χ2n) is 6.58. The van der Waals surface area contributed by atoms with Crippen molar-refractivity contribution in [3.05, 3.63) is 99.0 Å². The van der Waals surface area contributed by atoms with Crippen LogP contribution in [0.2, 0.25) is 0 Å². The van der Waals surface area contributed by atoms with Crippen molar-refractivity contribution < 1.29 is 4.79 Å². The first kappa shape index (κ1) is 17.7. The van der Waals surface area contributed by atoms with Gasteiger partial charge >= 0.3 is 0 Å². The molecule has 3 aromatic rings. The van der Waals surface area contributed by atoms with E-state index in [9.17, 15) is 9.59 Å². The minimum absolute atomic E-state index is 0.127. The number of nitrogens with zero attached hydrogens (tertiary/aromatic N) is 1. The van der Waals surface area contributed by atoms with Crippen molar-refractivity contribution in [3.63, 3.8) is 0 Å². The lowest BCUT2D eigenvalue weighted by molar-refractivity contribution is 0.102. The van der Waals surface area contributed by atoms with Gasteiger partial charge in [-0.1, -0.05) is 42.0 Å². The van der Waals surface area contributed by atoms with E-state index in [1.165, 1.54) is 6.07 Å². The Morgan fingerprint density at radius 3 is 2.50 bits per heavy atom. The van der Waals surface area contributed by atoms with Crippen LogP contribution in [0.4, 0.5) is 5.69 Å². The molecule has 4 nitrogen and oxygen atoms in total. The molecule has 0 radical (unpaired) electrons. The molecule has 0 spiro atoms. The molecular formula is C22H22N2O2. The van der Waals surface area contributed by atoms with Gasteiger partial charge in [0.15, 0.2) is 0 Å². The van der Waals surface area contributed by atoms with E-state index in [2.05, 4.69) is 11.4 Å². The summed E-state index contributed by atoms with van der Waals surface area (Å²) in [6.07, 6.45) is 1.62. The maximum Gasteiger partial charge on any atom is 0.257 e. The molecule has 132 valence electrons. The SMILES string of the molecule is Cc1ccc(C)c(Cn2cc(C(=O)Nc3ccccc3C)ccc2=O)c1. The van der Waals surface area contributed by atoms with Crippen molar-refractivity contribution >= 4 is 11.6 Å². The van der Waals surface area contributed by atoms with E-state index in [1.807, 2.05) is 57.2 Å². The quantitative estimate of drug-likeness (QED) is 0.774.